The van der Waals surface area contributed by atoms with Crippen LogP contribution < -0.4 is 5.43 Å². The van der Waals surface area contributed by atoms with Crippen LogP contribution in [0.4, 0.5) is 8.78 Å². The van der Waals surface area contributed by atoms with Crippen molar-refractivity contribution in [2.75, 3.05) is 0 Å². The molecule has 2 aliphatic rings. The molecule has 0 saturated carbocycles. The Morgan fingerprint density at radius 2 is 1.79 bits per heavy atom. The second kappa shape index (κ2) is 7.50. The fourth-order valence-electron chi connectivity index (χ4n) is 5.43. The molecule has 0 bridgehead atoms. The Kier molecular flexibility index (Phi) is 4.84. The number of amides is 1. The van der Waals surface area contributed by atoms with Crippen molar-refractivity contribution in [3.63, 3.8) is 0 Å². The number of aromatic hydroxyl groups is 1. The molecule has 0 unspecified atom stereocenters. The van der Waals surface area contributed by atoms with Gasteiger partial charge in [-0.3, -0.25) is 14.3 Å². The maximum absolute atomic E-state index is 14.3. The topological polar surface area (TPSA) is 75.4 Å². The number of hydrogen-bond donors (Lipinski definition) is 1. The van der Waals surface area contributed by atoms with Gasteiger partial charge >= 0.3 is 0 Å². The van der Waals surface area contributed by atoms with E-state index < -0.39 is 46.2 Å². The molecule has 3 aromatic rings. The minimum atomic E-state index is -0.743. The molecule has 0 spiro atoms. The Labute approximate surface area is 189 Å². The van der Waals surface area contributed by atoms with Crippen LogP contribution in [0.5, 0.6) is 5.75 Å². The van der Waals surface area contributed by atoms with E-state index in [9.17, 15) is 23.5 Å². The fraction of sp³-hybridized carbons (Fsp3) is 0.320. The molecular formula is C25H23F2N3O3. The van der Waals surface area contributed by atoms with Gasteiger partial charge in [0, 0.05) is 11.5 Å². The number of benzene rings is 2. The first-order valence-electron chi connectivity index (χ1n) is 10.8. The van der Waals surface area contributed by atoms with Crippen LogP contribution >= 0.6 is 0 Å². The summed E-state index contributed by atoms with van der Waals surface area (Å²) in [6.07, 6.45) is 2.35. The predicted octanol–water partition coefficient (Wildman–Crippen LogP) is 4.00. The largest absolute Gasteiger partial charge is 0.502 e. The van der Waals surface area contributed by atoms with E-state index in [1.54, 1.807) is 29.2 Å². The lowest BCUT2D eigenvalue weighted by Gasteiger charge is -2.46. The SMILES string of the molecule is CC1(C)CC[C@@H]2[C@H]([C@H](c3ccc(F)cc3)c3cccc(F)c3)n3ncc(=O)c(O)c3C(=O)N21. The minimum Gasteiger partial charge on any atom is -0.502 e. The number of carbonyl (C=O) groups excluding carboxylic acids is 1. The molecule has 3 heterocycles. The van der Waals surface area contributed by atoms with Crippen LogP contribution in [0.25, 0.3) is 0 Å². The zero-order valence-electron chi connectivity index (χ0n) is 18.2. The van der Waals surface area contributed by atoms with Gasteiger partial charge in [0.25, 0.3) is 5.91 Å². The third kappa shape index (κ3) is 3.32. The van der Waals surface area contributed by atoms with Crippen LogP contribution in [0.3, 0.4) is 0 Å². The van der Waals surface area contributed by atoms with E-state index in [1.165, 1.54) is 28.9 Å². The van der Waals surface area contributed by atoms with Crippen molar-refractivity contribution in [1.29, 1.82) is 0 Å². The molecule has 1 aromatic heterocycles. The van der Waals surface area contributed by atoms with E-state index in [4.69, 9.17) is 0 Å². The van der Waals surface area contributed by atoms with Crippen LogP contribution in [0, 0.1) is 11.6 Å². The van der Waals surface area contributed by atoms with Gasteiger partial charge in [0.05, 0.1) is 18.3 Å². The maximum atomic E-state index is 14.3. The lowest BCUT2D eigenvalue weighted by molar-refractivity contribution is 0.0347. The van der Waals surface area contributed by atoms with Gasteiger partial charge in [0.1, 0.15) is 11.6 Å². The zero-order chi connectivity index (χ0) is 23.5. The van der Waals surface area contributed by atoms with E-state index in [2.05, 4.69) is 5.10 Å². The molecule has 0 radical (unpaired) electrons. The molecule has 6 nitrogen and oxygen atoms in total. The van der Waals surface area contributed by atoms with Crippen molar-refractivity contribution in [3.8, 4) is 5.75 Å². The second-order valence-electron chi connectivity index (χ2n) is 9.32. The highest BCUT2D eigenvalue weighted by Crippen LogP contribution is 2.49. The highest BCUT2D eigenvalue weighted by Gasteiger charge is 2.54. The lowest BCUT2D eigenvalue weighted by Crippen LogP contribution is -2.56. The Balaban J connectivity index is 1.80. The number of halogens is 2. The van der Waals surface area contributed by atoms with Crippen molar-refractivity contribution in [1.82, 2.24) is 14.7 Å². The summed E-state index contributed by atoms with van der Waals surface area (Å²) in [6, 6.07) is 11.2. The summed E-state index contributed by atoms with van der Waals surface area (Å²) in [5.74, 6) is -2.47. The molecule has 1 fully saturated rings. The fourth-order valence-corrected chi connectivity index (χ4v) is 5.43. The van der Waals surface area contributed by atoms with Crippen LogP contribution in [-0.2, 0) is 0 Å². The normalized spacial score (nSPS) is 22.1. The van der Waals surface area contributed by atoms with Crippen LogP contribution in [0.15, 0.2) is 59.5 Å². The third-order valence-electron chi connectivity index (χ3n) is 6.90. The number of carbonyl (C=O) groups is 1. The van der Waals surface area contributed by atoms with Gasteiger partial charge in [0.15, 0.2) is 11.4 Å². The Morgan fingerprint density at radius 3 is 2.48 bits per heavy atom. The van der Waals surface area contributed by atoms with Crippen molar-refractivity contribution in [2.24, 2.45) is 0 Å². The monoisotopic (exact) mass is 451 g/mol. The average molecular weight is 451 g/mol. The molecule has 170 valence electrons. The Hall–Kier alpha value is -3.55. The number of rotatable bonds is 3. The Morgan fingerprint density at radius 1 is 1.06 bits per heavy atom. The molecular weight excluding hydrogens is 428 g/mol. The highest BCUT2D eigenvalue weighted by molar-refractivity contribution is 5.96. The lowest BCUT2D eigenvalue weighted by atomic mass is 9.80. The van der Waals surface area contributed by atoms with Crippen LogP contribution in [0.1, 0.15) is 60.3 Å². The summed E-state index contributed by atoms with van der Waals surface area (Å²) in [5.41, 5.74) is -0.109. The van der Waals surface area contributed by atoms with Gasteiger partial charge in [-0.25, -0.2) is 8.78 Å². The molecule has 8 heteroatoms. The molecule has 5 rings (SSSR count). The van der Waals surface area contributed by atoms with Gasteiger partial charge in [-0.2, -0.15) is 5.10 Å². The maximum Gasteiger partial charge on any atom is 0.276 e. The summed E-state index contributed by atoms with van der Waals surface area (Å²) in [6.45, 7) is 3.89. The highest BCUT2D eigenvalue weighted by atomic mass is 19.1. The number of nitrogens with zero attached hydrogens (tertiary/aromatic N) is 3. The molecule has 1 N–H and O–H groups in total. The first-order chi connectivity index (χ1) is 15.7. The summed E-state index contributed by atoms with van der Waals surface area (Å²) < 4.78 is 29.5. The molecule has 1 saturated heterocycles. The zero-order valence-corrected chi connectivity index (χ0v) is 18.2. The second-order valence-corrected chi connectivity index (χ2v) is 9.32. The van der Waals surface area contributed by atoms with Gasteiger partial charge in [0.2, 0.25) is 5.43 Å². The summed E-state index contributed by atoms with van der Waals surface area (Å²) in [5, 5.41) is 14.9. The first kappa shape index (κ1) is 21.3. The van der Waals surface area contributed by atoms with Gasteiger partial charge in [-0.15, -0.1) is 0 Å². The standard InChI is InChI=1S/C25H23F2N3O3/c1-25(2)11-10-18-21(30-22(24(33)29(18)25)23(32)19(31)13-28-30)20(14-6-8-16(26)9-7-14)15-4-3-5-17(27)12-15/h3-9,12-13,18,20-21,32H,10-11H2,1-2H3/t18-,20-,21-/m1/s1. The molecule has 3 atom stereocenters. The molecule has 0 aliphatic carbocycles. The smallest absolute Gasteiger partial charge is 0.276 e. The van der Waals surface area contributed by atoms with Gasteiger partial charge < -0.3 is 10.0 Å². The number of fused-ring (bicyclic) bond motifs is 2. The number of aromatic nitrogens is 2. The summed E-state index contributed by atoms with van der Waals surface area (Å²) in [4.78, 5) is 27.4. The van der Waals surface area contributed by atoms with E-state index in [1.807, 2.05) is 13.8 Å². The third-order valence-corrected chi connectivity index (χ3v) is 6.90. The molecule has 1 amide bonds. The molecule has 2 aromatic carbocycles. The van der Waals surface area contributed by atoms with Crippen molar-refractivity contribution in [2.45, 2.75) is 50.2 Å². The van der Waals surface area contributed by atoms with Gasteiger partial charge in [-0.1, -0.05) is 24.3 Å². The van der Waals surface area contributed by atoms with E-state index in [-0.39, 0.29) is 11.7 Å². The van der Waals surface area contributed by atoms with Crippen molar-refractivity contribution >= 4 is 5.91 Å². The van der Waals surface area contributed by atoms with Crippen molar-refractivity contribution in [3.05, 3.63) is 93.4 Å². The number of hydrogen-bond acceptors (Lipinski definition) is 4. The minimum absolute atomic E-state index is 0.178. The molecule has 33 heavy (non-hydrogen) atoms. The summed E-state index contributed by atoms with van der Waals surface area (Å²) >= 11 is 0. The van der Waals surface area contributed by atoms with Crippen LogP contribution in [-0.4, -0.2) is 37.3 Å². The van der Waals surface area contributed by atoms with Gasteiger partial charge in [-0.05, 0) is 62.1 Å². The van der Waals surface area contributed by atoms with E-state index in [0.717, 1.165) is 6.20 Å². The van der Waals surface area contributed by atoms with Crippen molar-refractivity contribution < 1.29 is 18.7 Å². The Bertz CT molecular complexity index is 1300. The van der Waals surface area contributed by atoms with E-state index >= 15 is 0 Å². The van der Waals surface area contributed by atoms with Crippen LogP contribution in [0.2, 0.25) is 0 Å². The quantitative estimate of drug-likeness (QED) is 0.653. The molecule has 2 aliphatic heterocycles. The summed E-state index contributed by atoms with van der Waals surface area (Å²) in [7, 11) is 0. The van der Waals surface area contributed by atoms with E-state index in [0.29, 0.717) is 24.0 Å². The predicted molar refractivity (Wildman–Crippen MR) is 117 cm³/mol. The first-order valence-corrected chi connectivity index (χ1v) is 10.8. The average Bonchev–Trinajstić information content (AvgIpc) is 3.09.